The molecule has 0 amide bonds. The van der Waals surface area contributed by atoms with Crippen LogP contribution < -0.4 is 0 Å². The molecule has 0 N–H and O–H groups in total. The van der Waals surface area contributed by atoms with Gasteiger partial charge in [-0.05, 0) is 18.3 Å². The van der Waals surface area contributed by atoms with Crippen LogP contribution in [0.1, 0.15) is 6.42 Å². The Kier molecular flexibility index (Phi) is 0.953. The summed E-state index contributed by atoms with van der Waals surface area (Å²) in [5.74, 6) is -0.346. The molecule has 0 aromatic heterocycles. The Morgan fingerprint density at radius 1 is 1.08 bits per heavy atom. The molecule has 0 aromatic carbocycles. The van der Waals surface area contributed by atoms with Gasteiger partial charge in [-0.15, -0.1) is 0 Å². The van der Waals surface area contributed by atoms with Crippen LogP contribution in [0.25, 0.3) is 0 Å². The first-order valence-electron chi connectivity index (χ1n) is 4.21. The SMILES string of the molecule is O=C1OC(=O)[C@@H]2C3C=C[C@@H](C3)[C@H]12. The van der Waals surface area contributed by atoms with E-state index in [1.54, 1.807) is 0 Å². The van der Waals surface area contributed by atoms with Gasteiger partial charge in [-0.1, -0.05) is 12.2 Å². The fourth-order valence-electron chi connectivity index (χ4n) is 2.70. The molecular weight excluding hydrogens is 156 g/mol. The highest BCUT2D eigenvalue weighted by molar-refractivity contribution is 5.98. The molecule has 2 fully saturated rings. The van der Waals surface area contributed by atoms with Crippen molar-refractivity contribution in [3.05, 3.63) is 12.2 Å². The Hall–Kier alpha value is -1.12. The van der Waals surface area contributed by atoms with E-state index >= 15 is 0 Å². The summed E-state index contributed by atoms with van der Waals surface area (Å²) in [7, 11) is 0. The predicted octanol–water partition coefficient (Wildman–Crippen LogP) is 0.508. The molecule has 3 aliphatic rings. The molecule has 0 radical (unpaired) electrons. The summed E-state index contributed by atoms with van der Waals surface area (Å²) in [6.45, 7) is 0. The Morgan fingerprint density at radius 2 is 1.58 bits per heavy atom. The van der Waals surface area contributed by atoms with Crippen LogP contribution in [-0.4, -0.2) is 11.9 Å². The van der Waals surface area contributed by atoms with Crippen LogP contribution in [0.5, 0.6) is 0 Å². The van der Waals surface area contributed by atoms with E-state index in [0.717, 1.165) is 6.42 Å². The number of hydrogen-bond acceptors (Lipinski definition) is 3. The molecule has 3 heteroatoms. The van der Waals surface area contributed by atoms with Gasteiger partial charge in [0, 0.05) is 0 Å². The Balaban J connectivity index is 2.08. The summed E-state index contributed by atoms with van der Waals surface area (Å²) >= 11 is 0. The number of hydrogen-bond donors (Lipinski definition) is 0. The molecule has 1 heterocycles. The topological polar surface area (TPSA) is 43.4 Å². The molecule has 1 saturated heterocycles. The zero-order chi connectivity index (χ0) is 8.29. The second-order valence-corrected chi connectivity index (χ2v) is 3.74. The van der Waals surface area contributed by atoms with Crippen LogP contribution in [0.15, 0.2) is 12.2 Å². The molecule has 1 saturated carbocycles. The van der Waals surface area contributed by atoms with Gasteiger partial charge in [-0.2, -0.15) is 0 Å². The summed E-state index contributed by atoms with van der Waals surface area (Å²) in [5.41, 5.74) is 0. The quantitative estimate of drug-likeness (QED) is 0.297. The third kappa shape index (κ3) is 0.543. The summed E-state index contributed by atoms with van der Waals surface area (Å²) < 4.78 is 4.59. The Bertz CT molecular complexity index is 277. The lowest BCUT2D eigenvalue weighted by Gasteiger charge is -2.12. The first-order chi connectivity index (χ1) is 5.77. The molecule has 3 nitrogen and oxygen atoms in total. The largest absolute Gasteiger partial charge is 0.393 e. The lowest BCUT2D eigenvalue weighted by molar-refractivity contribution is -0.154. The fraction of sp³-hybridized carbons (Fsp3) is 0.556. The maximum Gasteiger partial charge on any atom is 0.318 e. The molecule has 12 heavy (non-hydrogen) atoms. The number of cyclic esters (lactones) is 2. The normalized spacial score (nSPS) is 48.3. The van der Waals surface area contributed by atoms with Crippen molar-refractivity contribution < 1.29 is 14.3 Å². The predicted molar refractivity (Wildman–Crippen MR) is 38.8 cm³/mol. The Labute approximate surface area is 69.4 Å². The third-order valence-electron chi connectivity index (χ3n) is 3.20. The number of fused-ring (bicyclic) bond motifs is 5. The summed E-state index contributed by atoms with van der Waals surface area (Å²) in [6, 6.07) is 0. The second kappa shape index (κ2) is 1.79. The van der Waals surface area contributed by atoms with Gasteiger partial charge in [-0.25, -0.2) is 0 Å². The minimum absolute atomic E-state index is 0.146. The minimum atomic E-state index is -0.304. The highest BCUT2D eigenvalue weighted by Gasteiger charge is 2.57. The molecule has 2 bridgehead atoms. The summed E-state index contributed by atoms with van der Waals surface area (Å²) in [4.78, 5) is 22.4. The van der Waals surface area contributed by atoms with Crippen LogP contribution in [-0.2, 0) is 14.3 Å². The van der Waals surface area contributed by atoms with Crippen LogP contribution in [0, 0.1) is 23.7 Å². The van der Waals surface area contributed by atoms with Gasteiger partial charge >= 0.3 is 11.9 Å². The van der Waals surface area contributed by atoms with Crippen molar-refractivity contribution in [3.8, 4) is 0 Å². The number of allylic oxidation sites excluding steroid dienone is 2. The standard InChI is InChI=1S/C9H8O3/c10-8-6-4-1-2-5(3-4)7(6)9(11)12-8/h1-2,4-7H,3H2/t4-,5?,6-,7+/m0/s1. The van der Waals surface area contributed by atoms with Gasteiger partial charge in [0.1, 0.15) is 0 Å². The van der Waals surface area contributed by atoms with E-state index in [4.69, 9.17) is 0 Å². The van der Waals surface area contributed by atoms with Crippen molar-refractivity contribution in [1.29, 1.82) is 0 Å². The molecule has 1 aliphatic heterocycles. The van der Waals surface area contributed by atoms with Crippen molar-refractivity contribution >= 4 is 11.9 Å². The van der Waals surface area contributed by atoms with E-state index in [1.165, 1.54) is 0 Å². The van der Waals surface area contributed by atoms with Gasteiger partial charge in [0.2, 0.25) is 0 Å². The lowest BCUT2D eigenvalue weighted by atomic mass is 9.85. The monoisotopic (exact) mass is 164 g/mol. The third-order valence-corrected chi connectivity index (χ3v) is 3.20. The van der Waals surface area contributed by atoms with Crippen LogP contribution in [0.4, 0.5) is 0 Å². The lowest BCUT2D eigenvalue weighted by Crippen LogP contribution is -2.21. The number of ether oxygens (including phenoxy) is 1. The summed E-state index contributed by atoms with van der Waals surface area (Å²) in [5, 5.41) is 0. The van der Waals surface area contributed by atoms with Crippen molar-refractivity contribution in [2.45, 2.75) is 6.42 Å². The van der Waals surface area contributed by atoms with Gasteiger partial charge in [0.25, 0.3) is 0 Å². The van der Waals surface area contributed by atoms with Crippen molar-refractivity contribution in [2.75, 3.05) is 0 Å². The average Bonchev–Trinajstić information content (AvgIpc) is 2.64. The number of carbonyl (C=O) groups excluding carboxylic acids is 2. The number of esters is 2. The minimum Gasteiger partial charge on any atom is -0.393 e. The van der Waals surface area contributed by atoms with Gasteiger partial charge in [-0.3, -0.25) is 9.59 Å². The fourth-order valence-corrected chi connectivity index (χ4v) is 2.70. The molecule has 0 spiro atoms. The maximum atomic E-state index is 11.2. The maximum absolute atomic E-state index is 11.2. The van der Waals surface area contributed by atoms with Crippen LogP contribution >= 0.6 is 0 Å². The van der Waals surface area contributed by atoms with E-state index < -0.39 is 0 Å². The molecular formula is C9H8O3. The van der Waals surface area contributed by atoms with Gasteiger partial charge in [0.05, 0.1) is 11.8 Å². The van der Waals surface area contributed by atoms with Crippen LogP contribution in [0.3, 0.4) is 0 Å². The first kappa shape index (κ1) is 6.40. The molecule has 1 unspecified atom stereocenters. The van der Waals surface area contributed by atoms with Crippen LogP contribution in [0.2, 0.25) is 0 Å². The molecule has 62 valence electrons. The molecule has 2 aliphatic carbocycles. The van der Waals surface area contributed by atoms with E-state index in [0.29, 0.717) is 0 Å². The Morgan fingerprint density at radius 3 is 2.08 bits per heavy atom. The smallest absolute Gasteiger partial charge is 0.318 e. The molecule has 0 aromatic rings. The highest BCUT2D eigenvalue weighted by atomic mass is 16.6. The molecule has 4 atom stereocenters. The van der Waals surface area contributed by atoms with E-state index in [1.807, 2.05) is 12.2 Å². The van der Waals surface area contributed by atoms with Crippen molar-refractivity contribution in [3.63, 3.8) is 0 Å². The average molecular weight is 164 g/mol. The van der Waals surface area contributed by atoms with Crippen molar-refractivity contribution in [1.82, 2.24) is 0 Å². The van der Waals surface area contributed by atoms with E-state index in [9.17, 15) is 9.59 Å². The number of carbonyl (C=O) groups is 2. The van der Waals surface area contributed by atoms with E-state index in [2.05, 4.69) is 4.74 Å². The first-order valence-corrected chi connectivity index (χ1v) is 4.21. The van der Waals surface area contributed by atoms with Gasteiger partial charge < -0.3 is 4.74 Å². The second-order valence-electron chi connectivity index (χ2n) is 3.74. The molecule has 3 rings (SSSR count). The zero-order valence-corrected chi connectivity index (χ0v) is 6.40. The zero-order valence-electron chi connectivity index (χ0n) is 6.40. The van der Waals surface area contributed by atoms with Gasteiger partial charge in [0.15, 0.2) is 0 Å². The van der Waals surface area contributed by atoms with E-state index in [-0.39, 0.29) is 35.6 Å². The van der Waals surface area contributed by atoms with Crippen molar-refractivity contribution in [2.24, 2.45) is 23.7 Å². The summed E-state index contributed by atoms with van der Waals surface area (Å²) in [6.07, 6.45) is 5.06. The number of rotatable bonds is 0. The highest BCUT2D eigenvalue weighted by Crippen LogP contribution is 2.51.